The van der Waals surface area contributed by atoms with Crippen LogP contribution in [0.2, 0.25) is 0 Å². The first-order chi connectivity index (χ1) is 10.3. The fourth-order valence-corrected chi connectivity index (χ4v) is 2.73. The molecule has 2 aromatic carbocycles. The smallest absolute Gasteiger partial charge is 0.161 e. The fraction of sp³-hybridized carbons (Fsp3) is 0.333. The van der Waals surface area contributed by atoms with Crippen LogP contribution in [0.1, 0.15) is 23.5 Å². The molecule has 0 spiro atoms. The van der Waals surface area contributed by atoms with Gasteiger partial charge in [0.25, 0.3) is 0 Å². The summed E-state index contributed by atoms with van der Waals surface area (Å²) in [6, 6.07) is 17.4. The first kappa shape index (κ1) is 14.0. The van der Waals surface area contributed by atoms with Crippen molar-refractivity contribution in [2.45, 2.75) is 24.9 Å². The Balaban J connectivity index is 1.57. The second-order valence-corrected chi connectivity index (χ2v) is 5.43. The monoisotopic (exact) mass is 283 g/mol. The summed E-state index contributed by atoms with van der Waals surface area (Å²) in [5.41, 5.74) is 2.65. The highest BCUT2D eigenvalue weighted by atomic mass is 16.5. The molecule has 1 aliphatic carbocycles. The molecule has 21 heavy (non-hydrogen) atoms. The summed E-state index contributed by atoms with van der Waals surface area (Å²) in [4.78, 5) is 0. The first-order valence-electron chi connectivity index (χ1n) is 7.31. The molecule has 1 fully saturated rings. The predicted octanol–water partition coefficient (Wildman–Crippen LogP) is 3.35. The lowest BCUT2D eigenvalue weighted by molar-refractivity contribution is 0.354. The van der Waals surface area contributed by atoms with E-state index in [2.05, 4.69) is 41.7 Å². The van der Waals surface area contributed by atoms with Gasteiger partial charge in [-0.3, -0.25) is 0 Å². The summed E-state index contributed by atoms with van der Waals surface area (Å²) < 4.78 is 10.6. The van der Waals surface area contributed by atoms with Gasteiger partial charge in [-0.25, -0.2) is 0 Å². The van der Waals surface area contributed by atoms with E-state index in [0.29, 0.717) is 12.0 Å². The van der Waals surface area contributed by atoms with Crippen LogP contribution in [0.4, 0.5) is 0 Å². The van der Waals surface area contributed by atoms with E-state index in [1.165, 1.54) is 17.5 Å². The van der Waals surface area contributed by atoms with Gasteiger partial charge in [0.2, 0.25) is 0 Å². The number of rotatable bonds is 6. The van der Waals surface area contributed by atoms with Crippen molar-refractivity contribution in [3.8, 4) is 11.5 Å². The van der Waals surface area contributed by atoms with Crippen molar-refractivity contribution in [2.24, 2.45) is 0 Å². The Kier molecular flexibility index (Phi) is 4.11. The highest BCUT2D eigenvalue weighted by Crippen LogP contribution is 2.40. The van der Waals surface area contributed by atoms with Crippen LogP contribution >= 0.6 is 0 Å². The van der Waals surface area contributed by atoms with Crippen molar-refractivity contribution in [1.82, 2.24) is 5.32 Å². The fourth-order valence-electron chi connectivity index (χ4n) is 2.73. The van der Waals surface area contributed by atoms with E-state index in [0.717, 1.165) is 18.0 Å². The van der Waals surface area contributed by atoms with Crippen LogP contribution in [0.5, 0.6) is 11.5 Å². The van der Waals surface area contributed by atoms with Gasteiger partial charge in [-0.1, -0.05) is 36.4 Å². The Hall–Kier alpha value is -2.00. The van der Waals surface area contributed by atoms with Gasteiger partial charge in [-0.05, 0) is 29.7 Å². The van der Waals surface area contributed by atoms with Crippen LogP contribution in [-0.2, 0) is 6.54 Å². The molecule has 3 heteroatoms. The molecule has 0 radical (unpaired) electrons. The molecule has 3 rings (SSSR count). The number of nitrogens with one attached hydrogen (secondary N) is 1. The van der Waals surface area contributed by atoms with Crippen LogP contribution in [0.15, 0.2) is 48.5 Å². The van der Waals surface area contributed by atoms with Crippen molar-refractivity contribution in [2.75, 3.05) is 14.2 Å². The lowest BCUT2D eigenvalue weighted by Gasteiger charge is -2.10. The van der Waals surface area contributed by atoms with Crippen molar-refractivity contribution in [3.63, 3.8) is 0 Å². The summed E-state index contributed by atoms with van der Waals surface area (Å²) in [5, 5.41) is 3.61. The Bertz CT molecular complexity index is 597. The van der Waals surface area contributed by atoms with E-state index in [1.807, 2.05) is 12.1 Å². The number of hydrogen-bond donors (Lipinski definition) is 1. The number of methoxy groups -OCH3 is 2. The van der Waals surface area contributed by atoms with Gasteiger partial charge in [0.05, 0.1) is 14.2 Å². The number of ether oxygens (including phenoxy) is 2. The summed E-state index contributed by atoms with van der Waals surface area (Å²) in [5.74, 6) is 2.22. The average Bonchev–Trinajstić information content (AvgIpc) is 3.33. The van der Waals surface area contributed by atoms with E-state index < -0.39 is 0 Å². The minimum atomic E-state index is 0.584. The van der Waals surface area contributed by atoms with Crippen LogP contribution in [0, 0.1) is 0 Å². The maximum Gasteiger partial charge on any atom is 0.161 e. The molecule has 0 unspecified atom stereocenters. The SMILES string of the molecule is COc1ccc(CN[C@H]2C[C@@H]2c2ccccc2)cc1OC. The Morgan fingerprint density at radius 1 is 1.00 bits per heavy atom. The zero-order valence-electron chi connectivity index (χ0n) is 12.5. The molecule has 110 valence electrons. The standard InChI is InChI=1S/C18H21NO2/c1-20-17-9-8-13(10-18(17)21-2)12-19-16-11-15(16)14-6-4-3-5-7-14/h3-10,15-16,19H,11-12H2,1-2H3/t15-,16+/m1/s1. The van der Waals surface area contributed by atoms with Crippen molar-refractivity contribution in [1.29, 1.82) is 0 Å². The number of hydrogen-bond acceptors (Lipinski definition) is 3. The molecule has 1 N–H and O–H groups in total. The first-order valence-corrected chi connectivity index (χ1v) is 7.31. The molecular weight excluding hydrogens is 262 g/mol. The van der Waals surface area contributed by atoms with E-state index in [1.54, 1.807) is 14.2 Å². The second-order valence-electron chi connectivity index (χ2n) is 5.43. The van der Waals surface area contributed by atoms with Gasteiger partial charge in [0.15, 0.2) is 11.5 Å². The second kappa shape index (κ2) is 6.19. The third-order valence-electron chi connectivity index (χ3n) is 4.03. The summed E-state index contributed by atoms with van der Waals surface area (Å²) in [6.45, 7) is 0.856. The lowest BCUT2D eigenvalue weighted by atomic mass is 10.1. The minimum Gasteiger partial charge on any atom is -0.493 e. The molecule has 1 saturated carbocycles. The summed E-state index contributed by atoms with van der Waals surface area (Å²) in [6.07, 6.45) is 1.22. The van der Waals surface area contributed by atoms with Gasteiger partial charge in [0.1, 0.15) is 0 Å². The van der Waals surface area contributed by atoms with Gasteiger partial charge in [-0.2, -0.15) is 0 Å². The largest absolute Gasteiger partial charge is 0.493 e. The molecule has 0 heterocycles. The average molecular weight is 283 g/mol. The zero-order chi connectivity index (χ0) is 14.7. The van der Waals surface area contributed by atoms with E-state index in [-0.39, 0.29) is 0 Å². The van der Waals surface area contributed by atoms with Gasteiger partial charge < -0.3 is 14.8 Å². The van der Waals surface area contributed by atoms with Gasteiger partial charge >= 0.3 is 0 Å². The van der Waals surface area contributed by atoms with Crippen molar-refractivity contribution < 1.29 is 9.47 Å². The molecule has 0 aliphatic heterocycles. The summed E-state index contributed by atoms with van der Waals surface area (Å²) >= 11 is 0. The van der Waals surface area contributed by atoms with Crippen LogP contribution in [-0.4, -0.2) is 20.3 Å². The highest BCUT2D eigenvalue weighted by Gasteiger charge is 2.37. The molecule has 1 aliphatic rings. The van der Waals surface area contributed by atoms with Crippen LogP contribution < -0.4 is 14.8 Å². The normalized spacial score (nSPS) is 20.1. The Labute approximate surface area is 125 Å². The zero-order valence-corrected chi connectivity index (χ0v) is 12.5. The van der Waals surface area contributed by atoms with E-state index >= 15 is 0 Å². The lowest BCUT2D eigenvalue weighted by Crippen LogP contribution is -2.17. The van der Waals surface area contributed by atoms with Crippen LogP contribution in [0.3, 0.4) is 0 Å². The molecule has 0 saturated heterocycles. The molecular formula is C18H21NO2. The van der Waals surface area contributed by atoms with Crippen LogP contribution in [0.25, 0.3) is 0 Å². The Morgan fingerprint density at radius 3 is 2.48 bits per heavy atom. The molecule has 0 aromatic heterocycles. The maximum absolute atomic E-state index is 5.34. The molecule has 3 nitrogen and oxygen atoms in total. The maximum atomic E-state index is 5.34. The molecule has 0 bridgehead atoms. The Morgan fingerprint density at radius 2 is 1.76 bits per heavy atom. The summed E-state index contributed by atoms with van der Waals surface area (Å²) in [7, 11) is 3.33. The van der Waals surface area contributed by atoms with E-state index in [4.69, 9.17) is 9.47 Å². The minimum absolute atomic E-state index is 0.584. The third-order valence-corrected chi connectivity index (χ3v) is 4.03. The quantitative estimate of drug-likeness (QED) is 0.882. The third kappa shape index (κ3) is 3.19. The number of benzene rings is 2. The highest BCUT2D eigenvalue weighted by molar-refractivity contribution is 5.43. The van der Waals surface area contributed by atoms with E-state index in [9.17, 15) is 0 Å². The van der Waals surface area contributed by atoms with Crippen molar-refractivity contribution in [3.05, 3.63) is 59.7 Å². The molecule has 2 atom stereocenters. The van der Waals surface area contributed by atoms with Gasteiger partial charge in [-0.15, -0.1) is 0 Å². The topological polar surface area (TPSA) is 30.5 Å². The predicted molar refractivity (Wildman–Crippen MR) is 84.0 cm³/mol. The molecule has 2 aromatic rings. The molecule has 0 amide bonds. The van der Waals surface area contributed by atoms with Gasteiger partial charge in [0, 0.05) is 18.5 Å². The van der Waals surface area contributed by atoms with Crippen molar-refractivity contribution >= 4 is 0 Å².